The molecule has 0 spiro atoms. The van der Waals surface area contributed by atoms with Gasteiger partial charge in [-0.05, 0) is 19.3 Å². The number of rotatable bonds is 1. The van der Waals surface area contributed by atoms with Crippen molar-refractivity contribution in [3.05, 3.63) is 0 Å². The van der Waals surface area contributed by atoms with Crippen molar-refractivity contribution in [3.63, 3.8) is 0 Å². The molecule has 1 heteroatoms. The highest BCUT2D eigenvalue weighted by molar-refractivity contribution is 4.87. The molecule has 0 unspecified atom stereocenters. The third-order valence-electron chi connectivity index (χ3n) is 1.62. The van der Waals surface area contributed by atoms with Crippen LogP contribution >= 0.6 is 0 Å². The normalized spacial score (nSPS) is 27.2. The van der Waals surface area contributed by atoms with Gasteiger partial charge in [0, 0.05) is 13.0 Å². The summed E-state index contributed by atoms with van der Waals surface area (Å²) in [6.07, 6.45) is 9.94. The van der Waals surface area contributed by atoms with Crippen LogP contribution in [0.15, 0.2) is 0 Å². The van der Waals surface area contributed by atoms with Crippen molar-refractivity contribution in [1.29, 1.82) is 0 Å². The minimum absolute atomic E-state index is 0.365. The molecule has 0 aromatic rings. The van der Waals surface area contributed by atoms with E-state index in [0.29, 0.717) is 6.10 Å². The van der Waals surface area contributed by atoms with Crippen LogP contribution in [-0.4, -0.2) is 12.7 Å². The first kappa shape index (κ1) is 6.64. The zero-order valence-electron chi connectivity index (χ0n) is 5.60. The van der Waals surface area contributed by atoms with Crippen LogP contribution in [-0.2, 0) is 4.74 Å². The van der Waals surface area contributed by atoms with Gasteiger partial charge in [0.05, 0.1) is 6.10 Å². The zero-order valence-corrected chi connectivity index (χ0v) is 5.60. The van der Waals surface area contributed by atoms with Crippen LogP contribution in [0, 0.1) is 12.3 Å². The fraction of sp³-hybridized carbons (Fsp3) is 0.750. The average molecular weight is 124 g/mol. The van der Waals surface area contributed by atoms with Gasteiger partial charge in [-0.15, -0.1) is 12.3 Å². The molecule has 0 saturated carbocycles. The maximum Gasteiger partial charge on any atom is 0.0684 e. The van der Waals surface area contributed by atoms with E-state index < -0.39 is 0 Å². The summed E-state index contributed by atoms with van der Waals surface area (Å²) in [7, 11) is 0. The molecule has 1 aliphatic rings. The van der Waals surface area contributed by atoms with Crippen LogP contribution in [0.2, 0.25) is 0 Å². The molecule has 1 fully saturated rings. The van der Waals surface area contributed by atoms with Crippen molar-refractivity contribution >= 4 is 0 Å². The Balaban J connectivity index is 2.17. The number of hydrogen-bond acceptors (Lipinski definition) is 1. The maximum absolute atomic E-state index is 5.38. The summed E-state index contributed by atoms with van der Waals surface area (Å²) in [5.41, 5.74) is 0. The fourth-order valence-electron chi connectivity index (χ4n) is 1.10. The Morgan fingerprint density at radius 3 is 3.00 bits per heavy atom. The Hall–Kier alpha value is -0.480. The molecule has 50 valence electrons. The summed E-state index contributed by atoms with van der Waals surface area (Å²) in [6, 6.07) is 0. The summed E-state index contributed by atoms with van der Waals surface area (Å²) in [5.74, 6) is 2.61. The SMILES string of the molecule is C#CC[C@@H]1CCCCO1. The topological polar surface area (TPSA) is 9.23 Å². The molecule has 0 aromatic carbocycles. The third-order valence-corrected chi connectivity index (χ3v) is 1.62. The molecule has 9 heavy (non-hydrogen) atoms. The standard InChI is InChI=1S/C8H12O/c1-2-5-8-6-3-4-7-9-8/h1,8H,3-7H2/t8-/m1/s1. The van der Waals surface area contributed by atoms with Gasteiger partial charge in [0.2, 0.25) is 0 Å². The van der Waals surface area contributed by atoms with Crippen LogP contribution in [0.4, 0.5) is 0 Å². The van der Waals surface area contributed by atoms with Crippen LogP contribution < -0.4 is 0 Å². The molecular formula is C8H12O. The highest BCUT2D eigenvalue weighted by Crippen LogP contribution is 2.14. The summed E-state index contributed by atoms with van der Waals surface area (Å²) in [6.45, 7) is 0.909. The Bertz CT molecular complexity index is 106. The molecule has 1 nitrogen and oxygen atoms in total. The Kier molecular flexibility index (Phi) is 2.60. The Morgan fingerprint density at radius 1 is 1.56 bits per heavy atom. The van der Waals surface area contributed by atoms with Gasteiger partial charge < -0.3 is 4.74 Å². The summed E-state index contributed by atoms with van der Waals surface area (Å²) >= 11 is 0. The van der Waals surface area contributed by atoms with Gasteiger partial charge in [-0.1, -0.05) is 0 Å². The van der Waals surface area contributed by atoms with Crippen LogP contribution in [0.5, 0.6) is 0 Å². The number of terminal acetylenes is 1. The van der Waals surface area contributed by atoms with Crippen molar-refractivity contribution in [3.8, 4) is 12.3 Å². The molecule has 1 heterocycles. The van der Waals surface area contributed by atoms with Crippen LogP contribution in [0.3, 0.4) is 0 Å². The van der Waals surface area contributed by atoms with Gasteiger partial charge in [-0.25, -0.2) is 0 Å². The zero-order chi connectivity index (χ0) is 6.53. The smallest absolute Gasteiger partial charge is 0.0684 e. The first-order chi connectivity index (χ1) is 4.43. The predicted octanol–water partition coefficient (Wildman–Crippen LogP) is 1.58. The van der Waals surface area contributed by atoms with Crippen molar-refractivity contribution < 1.29 is 4.74 Å². The molecule has 0 N–H and O–H groups in total. The van der Waals surface area contributed by atoms with E-state index in [1.807, 2.05) is 0 Å². The highest BCUT2D eigenvalue weighted by Gasteiger charge is 2.11. The van der Waals surface area contributed by atoms with Gasteiger partial charge in [0.1, 0.15) is 0 Å². The molecule has 0 radical (unpaired) electrons. The molecular weight excluding hydrogens is 112 g/mol. The minimum Gasteiger partial charge on any atom is -0.377 e. The quantitative estimate of drug-likeness (QED) is 0.482. The number of ether oxygens (including phenoxy) is 1. The van der Waals surface area contributed by atoms with Crippen LogP contribution in [0.25, 0.3) is 0 Å². The van der Waals surface area contributed by atoms with Crippen molar-refractivity contribution in [2.45, 2.75) is 31.8 Å². The minimum atomic E-state index is 0.365. The van der Waals surface area contributed by atoms with E-state index >= 15 is 0 Å². The highest BCUT2D eigenvalue weighted by atomic mass is 16.5. The summed E-state index contributed by atoms with van der Waals surface area (Å²) < 4.78 is 5.38. The van der Waals surface area contributed by atoms with E-state index in [1.54, 1.807) is 0 Å². The second-order valence-electron chi connectivity index (χ2n) is 2.40. The second-order valence-corrected chi connectivity index (χ2v) is 2.40. The van der Waals surface area contributed by atoms with Gasteiger partial charge in [-0.3, -0.25) is 0 Å². The molecule has 0 aromatic heterocycles. The molecule has 0 aliphatic carbocycles. The molecule has 1 aliphatic heterocycles. The number of hydrogen-bond donors (Lipinski definition) is 0. The Morgan fingerprint density at radius 2 is 2.44 bits per heavy atom. The fourth-order valence-corrected chi connectivity index (χ4v) is 1.10. The van der Waals surface area contributed by atoms with E-state index in [2.05, 4.69) is 5.92 Å². The van der Waals surface area contributed by atoms with Gasteiger partial charge in [0.15, 0.2) is 0 Å². The van der Waals surface area contributed by atoms with Crippen molar-refractivity contribution in [1.82, 2.24) is 0 Å². The van der Waals surface area contributed by atoms with E-state index in [9.17, 15) is 0 Å². The summed E-state index contributed by atoms with van der Waals surface area (Å²) in [5, 5.41) is 0. The Labute approximate surface area is 56.4 Å². The largest absolute Gasteiger partial charge is 0.377 e. The molecule has 1 atom stereocenters. The lowest BCUT2D eigenvalue weighted by molar-refractivity contribution is 0.0197. The molecule has 0 bridgehead atoms. The van der Waals surface area contributed by atoms with E-state index in [4.69, 9.17) is 11.2 Å². The summed E-state index contributed by atoms with van der Waals surface area (Å²) in [4.78, 5) is 0. The first-order valence-corrected chi connectivity index (χ1v) is 3.48. The monoisotopic (exact) mass is 124 g/mol. The molecule has 1 saturated heterocycles. The van der Waals surface area contributed by atoms with E-state index in [1.165, 1.54) is 12.8 Å². The van der Waals surface area contributed by atoms with Crippen molar-refractivity contribution in [2.75, 3.05) is 6.61 Å². The molecule has 0 amide bonds. The average Bonchev–Trinajstić information content (AvgIpc) is 1.91. The third kappa shape index (κ3) is 2.07. The van der Waals surface area contributed by atoms with Crippen molar-refractivity contribution in [2.24, 2.45) is 0 Å². The van der Waals surface area contributed by atoms with Gasteiger partial charge in [0.25, 0.3) is 0 Å². The lowest BCUT2D eigenvalue weighted by atomic mass is 10.1. The van der Waals surface area contributed by atoms with Crippen LogP contribution in [0.1, 0.15) is 25.7 Å². The second kappa shape index (κ2) is 3.53. The lowest BCUT2D eigenvalue weighted by Crippen LogP contribution is -2.17. The van der Waals surface area contributed by atoms with E-state index in [0.717, 1.165) is 19.4 Å². The first-order valence-electron chi connectivity index (χ1n) is 3.48. The van der Waals surface area contributed by atoms with Gasteiger partial charge in [-0.2, -0.15) is 0 Å². The molecule has 1 rings (SSSR count). The van der Waals surface area contributed by atoms with E-state index in [-0.39, 0.29) is 0 Å². The van der Waals surface area contributed by atoms with Gasteiger partial charge >= 0.3 is 0 Å². The maximum atomic E-state index is 5.38. The lowest BCUT2D eigenvalue weighted by Gasteiger charge is -2.19. The predicted molar refractivity (Wildman–Crippen MR) is 37.0 cm³/mol.